The van der Waals surface area contributed by atoms with Gasteiger partial charge in [0.25, 0.3) is 5.91 Å². The highest BCUT2D eigenvalue weighted by molar-refractivity contribution is 7.90. The summed E-state index contributed by atoms with van der Waals surface area (Å²) in [6.07, 6.45) is -0.0738. The standard InChI is InChI=1S/C17H17NO5S/c1-12(16(19)18-13-8-4-3-5-9-13)23-17(20)14-10-6-7-11-15(14)24(2,21)22/h3-12H,1-2H3,(H,18,19)/t12-/m1/s1. The largest absolute Gasteiger partial charge is 0.449 e. The molecule has 1 amide bonds. The van der Waals surface area contributed by atoms with Crippen LogP contribution in [0, 0.1) is 0 Å². The smallest absolute Gasteiger partial charge is 0.340 e. The number of ether oxygens (including phenoxy) is 1. The van der Waals surface area contributed by atoms with Gasteiger partial charge in [-0.25, -0.2) is 13.2 Å². The molecule has 0 spiro atoms. The molecule has 0 aromatic heterocycles. The molecule has 0 aliphatic carbocycles. The van der Waals surface area contributed by atoms with Gasteiger partial charge in [-0.3, -0.25) is 4.79 Å². The Morgan fingerprint density at radius 3 is 2.21 bits per heavy atom. The summed E-state index contributed by atoms with van der Waals surface area (Å²) in [7, 11) is -3.58. The van der Waals surface area contributed by atoms with Gasteiger partial charge in [0.05, 0.1) is 10.5 Å². The summed E-state index contributed by atoms with van der Waals surface area (Å²) in [4.78, 5) is 24.1. The van der Waals surface area contributed by atoms with Crippen LogP contribution < -0.4 is 5.32 Å². The van der Waals surface area contributed by atoms with Gasteiger partial charge in [0.2, 0.25) is 0 Å². The Labute approximate surface area is 140 Å². The van der Waals surface area contributed by atoms with E-state index in [4.69, 9.17) is 4.74 Å². The van der Waals surface area contributed by atoms with Gasteiger partial charge in [0, 0.05) is 11.9 Å². The van der Waals surface area contributed by atoms with Crippen LogP contribution in [0.2, 0.25) is 0 Å². The van der Waals surface area contributed by atoms with E-state index in [2.05, 4.69) is 5.32 Å². The van der Waals surface area contributed by atoms with Crippen molar-refractivity contribution in [1.82, 2.24) is 0 Å². The van der Waals surface area contributed by atoms with Gasteiger partial charge in [-0.2, -0.15) is 0 Å². The lowest BCUT2D eigenvalue weighted by atomic mass is 10.2. The molecule has 0 heterocycles. The summed E-state index contributed by atoms with van der Waals surface area (Å²) in [6, 6.07) is 14.4. The van der Waals surface area contributed by atoms with Crippen LogP contribution in [0.5, 0.6) is 0 Å². The Kier molecular flexibility index (Phi) is 5.35. The molecule has 2 aromatic rings. The minimum absolute atomic E-state index is 0.0978. The lowest BCUT2D eigenvalue weighted by molar-refractivity contribution is -0.123. The minimum atomic E-state index is -3.58. The van der Waals surface area contributed by atoms with Crippen molar-refractivity contribution in [3.63, 3.8) is 0 Å². The third kappa shape index (κ3) is 4.42. The first-order chi connectivity index (χ1) is 11.3. The highest BCUT2D eigenvalue weighted by Crippen LogP contribution is 2.17. The van der Waals surface area contributed by atoms with Crippen LogP contribution in [-0.4, -0.2) is 32.7 Å². The van der Waals surface area contributed by atoms with Gasteiger partial charge in [-0.05, 0) is 31.2 Å². The van der Waals surface area contributed by atoms with Crippen LogP contribution in [0.4, 0.5) is 5.69 Å². The summed E-state index contributed by atoms with van der Waals surface area (Å²) in [5.74, 6) is -1.38. The zero-order valence-corrected chi connectivity index (χ0v) is 14.0. The van der Waals surface area contributed by atoms with Crippen molar-refractivity contribution in [3.05, 3.63) is 60.2 Å². The molecule has 6 nitrogen and oxygen atoms in total. The Hall–Kier alpha value is -2.67. The van der Waals surface area contributed by atoms with Crippen molar-refractivity contribution < 1.29 is 22.7 Å². The van der Waals surface area contributed by atoms with Crippen molar-refractivity contribution in [2.75, 3.05) is 11.6 Å². The fourth-order valence-electron chi connectivity index (χ4n) is 2.00. The van der Waals surface area contributed by atoms with Gasteiger partial charge < -0.3 is 10.1 Å². The Morgan fingerprint density at radius 2 is 1.58 bits per heavy atom. The SMILES string of the molecule is C[C@@H](OC(=O)c1ccccc1S(C)(=O)=O)C(=O)Nc1ccccc1. The van der Waals surface area contributed by atoms with Crippen molar-refractivity contribution in [3.8, 4) is 0 Å². The lowest BCUT2D eigenvalue weighted by Crippen LogP contribution is -2.30. The number of benzene rings is 2. The second-order valence-electron chi connectivity index (χ2n) is 5.17. The number of hydrogen-bond donors (Lipinski definition) is 1. The highest BCUT2D eigenvalue weighted by Gasteiger charge is 2.23. The molecule has 7 heteroatoms. The number of carbonyl (C=O) groups excluding carboxylic acids is 2. The predicted molar refractivity (Wildman–Crippen MR) is 89.5 cm³/mol. The molecule has 0 bridgehead atoms. The van der Waals surface area contributed by atoms with Crippen LogP contribution in [0.3, 0.4) is 0 Å². The third-order valence-electron chi connectivity index (χ3n) is 3.20. The van der Waals surface area contributed by atoms with E-state index in [9.17, 15) is 18.0 Å². The second kappa shape index (κ2) is 7.27. The maximum absolute atomic E-state index is 12.2. The molecule has 0 fully saturated rings. The van der Waals surface area contributed by atoms with E-state index in [1.165, 1.54) is 31.2 Å². The predicted octanol–water partition coefficient (Wildman–Crippen LogP) is 2.27. The first kappa shape index (κ1) is 17.7. The summed E-state index contributed by atoms with van der Waals surface area (Å²) in [5, 5.41) is 2.61. The van der Waals surface area contributed by atoms with E-state index < -0.39 is 27.8 Å². The first-order valence-corrected chi connectivity index (χ1v) is 9.04. The van der Waals surface area contributed by atoms with Gasteiger partial charge in [0.1, 0.15) is 0 Å². The number of para-hydroxylation sites is 1. The molecule has 24 heavy (non-hydrogen) atoms. The van der Waals surface area contributed by atoms with Gasteiger partial charge >= 0.3 is 5.97 Å². The quantitative estimate of drug-likeness (QED) is 0.838. The number of esters is 1. The summed E-state index contributed by atoms with van der Waals surface area (Å²) >= 11 is 0. The van der Waals surface area contributed by atoms with Crippen LogP contribution in [0.15, 0.2) is 59.5 Å². The number of hydrogen-bond acceptors (Lipinski definition) is 5. The molecule has 0 aliphatic heterocycles. The molecule has 1 N–H and O–H groups in total. The van der Waals surface area contributed by atoms with Crippen molar-refractivity contribution in [2.45, 2.75) is 17.9 Å². The molecular formula is C17H17NO5S. The number of carbonyl (C=O) groups is 2. The molecule has 126 valence electrons. The van der Waals surface area contributed by atoms with Crippen molar-refractivity contribution >= 4 is 27.4 Å². The van der Waals surface area contributed by atoms with Crippen molar-refractivity contribution in [2.24, 2.45) is 0 Å². The topological polar surface area (TPSA) is 89.5 Å². The molecule has 1 atom stereocenters. The Bertz CT molecular complexity index is 846. The molecular weight excluding hydrogens is 330 g/mol. The number of amides is 1. The van der Waals surface area contributed by atoms with E-state index in [0.717, 1.165) is 6.26 Å². The zero-order valence-electron chi connectivity index (χ0n) is 13.2. The highest BCUT2D eigenvalue weighted by atomic mass is 32.2. The third-order valence-corrected chi connectivity index (χ3v) is 4.36. The number of rotatable bonds is 5. The van der Waals surface area contributed by atoms with E-state index in [1.807, 2.05) is 0 Å². The number of nitrogens with one attached hydrogen (secondary N) is 1. The van der Waals surface area contributed by atoms with Crippen LogP contribution >= 0.6 is 0 Å². The molecule has 0 aliphatic rings. The first-order valence-electron chi connectivity index (χ1n) is 7.15. The maximum Gasteiger partial charge on any atom is 0.340 e. The van der Waals surface area contributed by atoms with Crippen LogP contribution in [-0.2, 0) is 19.4 Å². The lowest BCUT2D eigenvalue weighted by Gasteiger charge is -2.14. The average Bonchev–Trinajstić information content (AvgIpc) is 2.55. The van der Waals surface area contributed by atoms with Gasteiger partial charge in [-0.15, -0.1) is 0 Å². The van der Waals surface area contributed by atoms with E-state index in [1.54, 1.807) is 30.3 Å². The van der Waals surface area contributed by atoms with Crippen LogP contribution in [0.1, 0.15) is 17.3 Å². The Morgan fingerprint density at radius 1 is 1.00 bits per heavy atom. The van der Waals surface area contributed by atoms with E-state index >= 15 is 0 Å². The fraction of sp³-hybridized carbons (Fsp3) is 0.176. The summed E-state index contributed by atoms with van der Waals surface area (Å²) in [6.45, 7) is 1.42. The van der Waals surface area contributed by atoms with Gasteiger partial charge in [0.15, 0.2) is 15.9 Å². The average molecular weight is 347 g/mol. The fourth-order valence-corrected chi connectivity index (χ4v) is 2.88. The van der Waals surface area contributed by atoms with Gasteiger partial charge in [-0.1, -0.05) is 30.3 Å². The van der Waals surface area contributed by atoms with E-state index in [0.29, 0.717) is 5.69 Å². The monoisotopic (exact) mass is 347 g/mol. The Balaban J connectivity index is 2.11. The van der Waals surface area contributed by atoms with E-state index in [-0.39, 0.29) is 10.5 Å². The number of sulfone groups is 1. The summed E-state index contributed by atoms with van der Waals surface area (Å²) in [5.41, 5.74) is 0.473. The molecule has 2 aromatic carbocycles. The normalized spacial score (nSPS) is 12.2. The van der Waals surface area contributed by atoms with Crippen molar-refractivity contribution in [1.29, 1.82) is 0 Å². The zero-order chi connectivity index (χ0) is 17.7. The van der Waals surface area contributed by atoms with Crippen LogP contribution in [0.25, 0.3) is 0 Å². The molecule has 0 saturated heterocycles. The molecule has 0 unspecified atom stereocenters. The second-order valence-corrected chi connectivity index (χ2v) is 7.16. The maximum atomic E-state index is 12.2. The molecule has 0 saturated carbocycles. The molecule has 0 radical (unpaired) electrons. The molecule has 2 rings (SSSR count). The summed E-state index contributed by atoms with van der Waals surface area (Å²) < 4.78 is 28.6. The minimum Gasteiger partial charge on any atom is -0.449 e. The number of anilines is 1.